The van der Waals surface area contributed by atoms with E-state index >= 15 is 0 Å². The van der Waals surface area contributed by atoms with Gasteiger partial charge in [-0.3, -0.25) is 0 Å². The minimum Gasteiger partial charge on any atom is -0.415 e. The third kappa shape index (κ3) is 10.1. The summed E-state index contributed by atoms with van der Waals surface area (Å²) in [5, 5.41) is 0. The standard InChI is InChI=1S/C9H22O2Si/c1-9(2,3)10-7-8-11-12(4,5)6/h7-8H2,1-6H3. The molecule has 0 aliphatic rings. The first-order valence-electron chi connectivity index (χ1n) is 4.49. The maximum Gasteiger partial charge on any atom is 0.183 e. The first kappa shape index (κ1) is 12.1. The van der Waals surface area contributed by atoms with Crippen LogP contribution in [-0.2, 0) is 9.16 Å². The molecule has 0 N–H and O–H groups in total. The van der Waals surface area contributed by atoms with Gasteiger partial charge in [0, 0.05) is 0 Å². The molecule has 0 unspecified atom stereocenters. The molecule has 0 saturated heterocycles. The lowest BCUT2D eigenvalue weighted by Crippen LogP contribution is -2.29. The van der Waals surface area contributed by atoms with E-state index in [-0.39, 0.29) is 5.60 Å². The molecule has 0 aromatic rings. The smallest absolute Gasteiger partial charge is 0.183 e. The Bertz CT molecular complexity index is 105. The van der Waals surface area contributed by atoms with Gasteiger partial charge in [-0.1, -0.05) is 0 Å². The van der Waals surface area contributed by atoms with Crippen LogP contribution in [0.15, 0.2) is 0 Å². The number of hydrogen-bond donors (Lipinski definition) is 0. The number of rotatable bonds is 4. The number of ether oxygens (including phenoxy) is 1. The normalized spacial score (nSPS) is 13.5. The molecule has 0 fully saturated rings. The van der Waals surface area contributed by atoms with E-state index in [1.165, 1.54) is 0 Å². The van der Waals surface area contributed by atoms with E-state index in [1.807, 2.05) is 0 Å². The zero-order valence-electron chi connectivity index (χ0n) is 9.23. The summed E-state index contributed by atoms with van der Waals surface area (Å²) in [5.41, 5.74) is -0.0389. The van der Waals surface area contributed by atoms with Gasteiger partial charge in [0.1, 0.15) is 0 Å². The van der Waals surface area contributed by atoms with Crippen LogP contribution >= 0.6 is 0 Å². The van der Waals surface area contributed by atoms with Crippen LogP contribution in [0.2, 0.25) is 19.6 Å². The Hall–Kier alpha value is 0.137. The van der Waals surface area contributed by atoms with E-state index in [0.717, 1.165) is 6.61 Å². The molecule has 12 heavy (non-hydrogen) atoms. The van der Waals surface area contributed by atoms with Crippen molar-refractivity contribution in [3.05, 3.63) is 0 Å². The molecule has 0 amide bonds. The van der Waals surface area contributed by atoms with Gasteiger partial charge in [0.15, 0.2) is 8.32 Å². The van der Waals surface area contributed by atoms with Crippen LogP contribution in [0.4, 0.5) is 0 Å². The fourth-order valence-corrected chi connectivity index (χ4v) is 1.39. The van der Waals surface area contributed by atoms with Crippen molar-refractivity contribution in [1.82, 2.24) is 0 Å². The summed E-state index contributed by atoms with van der Waals surface area (Å²) in [4.78, 5) is 0. The van der Waals surface area contributed by atoms with Crippen molar-refractivity contribution in [1.29, 1.82) is 0 Å². The maximum atomic E-state index is 5.64. The van der Waals surface area contributed by atoms with Crippen molar-refractivity contribution >= 4 is 8.32 Å². The van der Waals surface area contributed by atoms with E-state index in [0.29, 0.717) is 6.61 Å². The molecule has 0 heterocycles. The van der Waals surface area contributed by atoms with Gasteiger partial charge in [-0.2, -0.15) is 0 Å². The average Bonchev–Trinajstić information content (AvgIpc) is 1.76. The van der Waals surface area contributed by atoms with Crippen molar-refractivity contribution in [2.75, 3.05) is 13.2 Å². The van der Waals surface area contributed by atoms with Gasteiger partial charge in [-0.25, -0.2) is 0 Å². The van der Waals surface area contributed by atoms with Crippen molar-refractivity contribution in [2.24, 2.45) is 0 Å². The molecular formula is C9H22O2Si. The summed E-state index contributed by atoms with van der Waals surface area (Å²) in [6.45, 7) is 14.2. The van der Waals surface area contributed by atoms with Gasteiger partial charge in [-0.15, -0.1) is 0 Å². The molecule has 2 nitrogen and oxygen atoms in total. The van der Waals surface area contributed by atoms with Gasteiger partial charge in [-0.05, 0) is 40.4 Å². The highest BCUT2D eigenvalue weighted by Gasteiger charge is 2.14. The molecule has 0 bridgehead atoms. The summed E-state index contributed by atoms with van der Waals surface area (Å²) in [5.74, 6) is 0. The second-order valence-corrected chi connectivity index (χ2v) is 9.44. The fourth-order valence-electron chi connectivity index (χ4n) is 0.696. The SMILES string of the molecule is CC(C)(C)OCCO[Si](C)(C)C. The molecule has 3 heteroatoms. The summed E-state index contributed by atoms with van der Waals surface area (Å²) in [6.07, 6.45) is 0. The van der Waals surface area contributed by atoms with E-state index in [1.54, 1.807) is 0 Å². The van der Waals surface area contributed by atoms with Crippen molar-refractivity contribution in [3.63, 3.8) is 0 Å². The zero-order chi connectivity index (χ0) is 9.83. The summed E-state index contributed by atoms with van der Waals surface area (Å²) < 4.78 is 11.2. The van der Waals surface area contributed by atoms with E-state index < -0.39 is 8.32 Å². The van der Waals surface area contributed by atoms with E-state index in [9.17, 15) is 0 Å². The van der Waals surface area contributed by atoms with Gasteiger partial charge in [0.25, 0.3) is 0 Å². The molecule has 0 rings (SSSR count). The van der Waals surface area contributed by atoms with Crippen molar-refractivity contribution in [2.45, 2.75) is 46.0 Å². The highest BCUT2D eigenvalue weighted by Crippen LogP contribution is 2.07. The third-order valence-corrected chi connectivity index (χ3v) is 2.22. The molecule has 0 aromatic heterocycles. The molecule has 0 saturated carbocycles. The van der Waals surface area contributed by atoms with Crippen LogP contribution in [-0.4, -0.2) is 27.1 Å². The molecule has 0 aliphatic carbocycles. The summed E-state index contributed by atoms with van der Waals surface area (Å²) in [6, 6.07) is 0. The molecule has 0 aromatic carbocycles. The van der Waals surface area contributed by atoms with Gasteiger partial charge >= 0.3 is 0 Å². The highest BCUT2D eigenvalue weighted by atomic mass is 28.4. The zero-order valence-corrected chi connectivity index (χ0v) is 10.2. The Balaban J connectivity index is 3.35. The topological polar surface area (TPSA) is 18.5 Å². The average molecular weight is 190 g/mol. The predicted octanol–water partition coefficient (Wildman–Crippen LogP) is 2.65. The van der Waals surface area contributed by atoms with Crippen molar-refractivity contribution in [3.8, 4) is 0 Å². The maximum absolute atomic E-state index is 5.64. The van der Waals surface area contributed by atoms with Crippen LogP contribution in [0.25, 0.3) is 0 Å². The fraction of sp³-hybridized carbons (Fsp3) is 1.00. The van der Waals surface area contributed by atoms with E-state index in [4.69, 9.17) is 9.16 Å². The lowest BCUT2D eigenvalue weighted by Gasteiger charge is -2.22. The van der Waals surface area contributed by atoms with Crippen LogP contribution in [0.1, 0.15) is 20.8 Å². The molecule has 0 aliphatic heterocycles. The quantitative estimate of drug-likeness (QED) is 0.501. The van der Waals surface area contributed by atoms with Gasteiger partial charge in [0.2, 0.25) is 0 Å². The largest absolute Gasteiger partial charge is 0.415 e. The van der Waals surface area contributed by atoms with E-state index in [2.05, 4.69) is 40.4 Å². The lowest BCUT2D eigenvalue weighted by atomic mass is 10.2. The van der Waals surface area contributed by atoms with Crippen LogP contribution < -0.4 is 0 Å². The second kappa shape index (κ2) is 4.39. The third-order valence-electron chi connectivity index (χ3n) is 1.15. The minimum atomic E-state index is -1.33. The Kier molecular flexibility index (Phi) is 4.44. The molecule has 74 valence electrons. The lowest BCUT2D eigenvalue weighted by molar-refractivity contribution is -0.0173. The Labute approximate surface area is 77.4 Å². The Morgan fingerprint density at radius 3 is 1.83 bits per heavy atom. The molecule has 0 radical (unpaired) electrons. The van der Waals surface area contributed by atoms with Crippen molar-refractivity contribution < 1.29 is 9.16 Å². The molecule has 0 atom stereocenters. The number of hydrogen-bond acceptors (Lipinski definition) is 2. The van der Waals surface area contributed by atoms with Gasteiger partial charge < -0.3 is 9.16 Å². The first-order valence-corrected chi connectivity index (χ1v) is 7.89. The highest BCUT2D eigenvalue weighted by molar-refractivity contribution is 6.69. The monoisotopic (exact) mass is 190 g/mol. The Morgan fingerprint density at radius 2 is 1.50 bits per heavy atom. The summed E-state index contributed by atoms with van der Waals surface area (Å²) in [7, 11) is -1.33. The summed E-state index contributed by atoms with van der Waals surface area (Å²) >= 11 is 0. The second-order valence-electron chi connectivity index (χ2n) is 4.92. The molecule has 0 spiro atoms. The Morgan fingerprint density at radius 1 is 1.00 bits per heavy atom. The van der Waals surface area contributed by atoms with Crippen LogP contribution in [0, 0.1) is 0 Å². The van der Waals surface area contributed by atoms with Gasteiger partial charge in [0.05, 0.1) is 18.8 Å². The minimum absolute atomic E-state index is 0.0389. The predicted molar refractivity (Wildman–Crippen MR) is 55.0 cm³/mol. The van der Waals surface area contributed by atoms with Crippen LogP contribution in [0.3, 0.4) is 0 Å². The van der Waals surface area contributed by atoms with Crippen LogP contribution in [0.5, 0.6) is 0 Å². The molecular weight excluding hydrogens is 168 g/mol. The first-order chi connectivity index (χ1) is 5.21.